The highest BCUT2D eigenvalue weighted by Gasteiger charge is 2.27. The molecule has 4 rings (SSSR count). The van der Waals surface area contributed by atoms with Crippen molar-refractivity contribution in [3.8, 4) is 11.3 Å². The summed E-state index contributed by atoms with van der Waals surface area (Å²) in [6.07, 6.45) is 0. The van der Waals surface area contributed by atoms with Gasteiger partial charge in [-0.2, -0.15) is 5.10 Å². The van der Waals surface area contributed by atoms with Crippen molar-refractivity contribution in [3.63, 3.8) is 0 Å². The normalized spacial score (nSPS) is 12.7. The standard InChI is InChI=1S/C18H10Cl2N4O3/c19-10-3-9(4-11(20)6-10)14-7-15(24-23-14)21-16(25)8-1-2-12-13(5-8)18(27)22-17(12)26/h1-7H,(H,22,26,27)(H2,21,23,24,25). The molecule has 0 bridgehead atoms. The highest BCUT2D eigenvalue weighted by molar-refractivity contribution is 6.35. The number of aromatic nitrogens is 2. The van der Waals surface area contributed by atoms with Crippen molar-refractivity contribution in [2.24, 2.45) is 0 Å². The molecule has 2 aromatic carbocycles. The second-order valence-electron chi connectivity index (χ2n) is 5.82. The summed E-state index contributed by atoms with van der Waals surface area (Å²) in [5.41, 5.74) is 1.98. The number of anilines is 1. The van der Waals surface area contributed by atoms with Gasteiger partial charge in [-0.15, -0.1) is 0 Å². The first-order valence-electron chi connectivity index (χ1n) is 7.73. The SMILES string of the molecule is O=C(Nc1cc(-c2cc(Cl)cc(Cl)c2)[nH]n1)c1ccc2c(c1)C(=O)NC2=O. The number of halogens is 2. The molecule has 0 radical (unpaired) electrons. The van der Waals surface area contributed by atoms with E-state index in [-0.39, 0.29) is 22.5 Å². The zero-order valence-corrected chi connectivity index (χ0v) is 15.0. The Kier molecular flexibility index (Phi) is 4.18. The zero-order valence-electron chi connectivity index (χ0n) is 13.5. The molecule has 2 heterocycles. The number of amides is 3. The quantitative estimate of drug-likeness (QED) is 0.584. The summed E-state index contributed by atoms with van der Waals surface area (Å²) in [5.74, 6) is -1.18. The molecule has 1 aromatic heterocycles. The van der Waals surface area contributed by atoms with Crippen LogP contribution in [0.15, 0.2) is 42.5 Å². The lowest BCUT2D eigenvalue weighted by Gasteiger charge is -2.03. The molecule has 1 aliphatic rings. The number of fused-ring (bicyclic) bond motifs is 1. The van der Waals surface area contributed by atoms with E-state index in [4.69, 9.17) is 23.2 Å². The summed E-state index contributed by atoms with van der Waals surface area (Å²) < 4.78 is 0. The summed E-state index contributed by atoms with van der Waals surface area (Å²) in [6.45, 7) is 0. The first-order chi connectivity index (χ1) is 12.9. The maximum absolute atomic E-state index is 12.4. The third-order valence-corrected chi connectivity index (χ3v) is 4.43. The van der Waals surface area contributed by atoms with Crippen molar-refractivity contribution in [2.75, 3.05) is 5.32 Å². The minimum Gasteiger partial charge on any atom is -0.305 e. The fourth-order valence-corrected chi connectivity index (χ4v) is 3.27. The topological polar surface area (TPSA) is 104 Å². The van der Waals surface area contributed by atoms with E-state index >= 15 is 0 Å². The summed E-state index contributed by atoms with van der Waals surface area (Å²) in [6, 6.07) is 10.9. The predicted molar refractivity (Wildman–Crippen MR) is 100 cm³/mol. The van der Waals surface area contributed by atoms with Gasteiger partial charge in [0.05, 0.1) is 16.8 Å². The number of benzene rings is 2. The maximum atomic E-state index is 12.4. The smallest absolute Gasteiger partial charge is 0.258 e. The first kappa shape index (κ1) is 17.3. The number of imide groups is 1. The summed E-state index contributed by atoms with van der Waals surface area (Å²) >= 11 is 12.0. The Bertz CT molecular complexity index is 1100. The molecule has 3 amide bonds. The fourth-order valence-electron chi connectivity index (χ4n) is 2.74. The van der Waals surface area contributed by atoms with Gasteiger partial charge in [0.1, 0.15) is 0 Å². The van der Waals surface area contributed by atoms with Crippen molar-refractivity contribution in [2.45, 2.75) is 0 Å². The van der Waals surface area contributed by atoms with Gasteiger partial charge in [-0.25, -0.2) is 0 Å². The molecule has 0 saturated heterocycles. The molecule has 134 valence electrons. The van der Waals surface area contributed by atoms with Gasteiger partial charge < -0.3 is 5.32 Å². The number of nitrogens with zero attached hydrogens (tertiary/aromatic N) is 1. The van der Waals surface area contributed by atoms with Gasteiger partial charge in [-0.1, -0.05) is 23.2 Å². The van der Waals surface area contributed by atoms with Gasteiger partial charge in [0, 0.05) is 27.2 Å². The van der Waals surface area contributed by atoms with Crippen LogP contribution in [0.25, 0.3) is 11.3 Å². The molecular weight excluding hydrogens is 391 g/mol. The minimum absolute atomic E-state index is 0.170. The van der Waals surface area contributed by atoms with Crippen LogP contribution in [0.4, 0.5) is 5.82 Å². The van der Waals surface area contributed by atoms with Crippen LogP contribution in [0.1, 0.15) is 31.1 Å². The summed E-state index contributed by atoms with van der Waals surface area (Å²) in [5, 5.41) is 12.6. The Morgan fingerprint density at radius 2 is 1.63 bits per heavy atom. The number of aromatic amines is 1. The second-order valence-corrected chi connectivity index (χ2v) is 6.70. The number of hydrogen-bond acceptors (Lipinski definition) is 4. The number of nitrogens with one attached hydrogen (secondary N) is 3. The Hall–Kier alpha value is -3.16. The minimum atomic E-state index is -0.524. The molecule has 0 saturated carbocycles. The van der Waals surface area contributed by atoms with Gasteiger partial charge in [-0.3, -0.25) is 24.8 Å². The van der Waals surface area contributed by atoms with Crippen LogP contribution >= 0.6 is 23.2 Å². The Morgan fingerprint density at radius 1 is 0.926 bits per heavy atom. The van der Waals surface area contributed by atoms with E-state index in [0.29, 0.717) is 21.3 Å². The van der Waals surface area contributed by atoms with Crippen LogP contribution in [-0.2, 0) is 0 Å². The molecule has 7 nitrogen and oxygen atoms in total. The lowest BCUT2D eigenvalue weighted by molar-refractivity contribution is 0.0879. The van der Waals surface area contributed by atoms with Gasteiger partial charge in [0.25, 0.3) is 17.7 Å². The van der Waals surface area contributed by atoms with Crippen LogP contribution in [0.2, 0.25) is 10.0 Å². The largest absolute Gasteiger partial charge is 0.305 e. The van der Waals surface area contributed by atoms with Gasteiger partial charge in [0.15, 0.2) is 5.82 Å². The van der Waals surface area contributed by atoms with Crippen LogP contribution in [0.3, 0.4) is 0 Å². The first-order valence-corrected chi connectivity index (χ1v) is 8.49. The molecule has 27 heavy (non-hydrogen) atoms. The van der Waals surface area contributed by atoms with Gasteiger partial charge in [0.2, 0.25) is 0 Å². The van der Waals surface area contributed by atoms with E-state index in [2.05, 4.69) is 20.8 Å². The monoisotopic (exact) mass is 400 g/mol. The highest BCUT2D eigenvalue weighted by Crippen LogP contribution is 2.27. The summed E-state index contributed by atoms with van der Waals surface area (Å²) in [4.78, 5) is 35.7. The number of H-pyrrole nitrogens is 1. The Labute approximate surface area is 162 Å². The Balaban J connectivity index is 1.56. The van der Waals surface area contributed by atoms with E-state index in [1.54, 1.807) is 24.3 Å². The van der Waals surface area contributed by atoms with Crippen molar-refractivity contribution in [1.82, 2.24) is 15.5 Å². The molecule has 0 spiro atoms. The average molecular weight is 401 g/mol. The van der Waals surface area contributed by atoms with Crippen LogP contribution < -0.4 is 10.6 Å². The van der Waals surface area contributed by atoms with Crippen molar-refractivity contribution < 1.29 is 14.4 Å². The molecule has 0 aliphatic carbocycles. The third-order valence-electron chi connectivity index (χ3n) is 3.99. The molecule has 9 heteroatoms. The number of hydrogen-bond donors (Lipinski definition) is 3. The number of rotatable bonds is 3. The molecule has 3 aromatic rings. The molecule has 0 unspecified atom stereocenters. The predicted octanol–water partition coefficient (Wildman–Crippen LogP) is 3.52. The molecule has 1 aliphatic heterocycles. The van der Waals surface area contributed by atoms with E-state index in [9.17, 15) is 14.4 Å². The molecular formula is C18H10Cl2N4O3. The third kappa shape index (κ3) is 3.30. The Morgan fingerprint density at radius 3 is 2.37 bits per heavy atom. The average Bonchev–Trinajstić information content (AvgIpc) is 3.19. The van der Waals surface area contributed by atoms with E-state index in [1.807, 2.05) is 0 Å². The van der Waals surface area contributed by atoms with Crippen LogP contribution in [0.5, 0.6) is 0 Å². The van der Waals surface area contributed by atoms with Crippen molar-refractivity contribution in [3.05, 3.63) is 69.2 Å². The molecule has 0 atom stereocenters. The second kappa shape index (κ2) is 6.53. The lowest BCUT2D eigenvalue weighted by atomic mass is 10.1. The zero-order chi connectivity index (χ0) is 19.1. The van der Waals surface area contributed by atoms with Crippen LogP contribution in [0, 0.1) is 0 Å². The number of carbonyl (C=O) groups excluding carboxylic acids is 3. The number of carbonyl (C=O) groups is 3. The van der Waals surface area contributed by atoms with Crippen LogP contribution in [-0.4, -0.2) is 27.9 Å². The highest BCUT2D eigenvalue weighted by atomic mass is 35.5. The van der Waals surface area contributed by atoms with E-state index < -0.39 is 17.7 Å². The summed E-state index contributed by atoms with van der Waals surface area (Å²) in [7, 11) is 0. The molecule has 0 fully saturated rings. The van der Waals surface area contributed by atoms with Gasteiger partial charge in [-0.05, 0) is 36.4 Å². The maximum Gasteiger partial charge on any atom is 0.258 e. The van der Waals surface area contributed by atoms with Gasteiger partial charge >= 0.3 is 0 Å². The van der Waals surface area contributed by atoms with E-state index in [0.717, 1.165) is 0 Å². The molecule has 3 N–H and O–H groups in total. The fraction of sp³-hybridized carbons (Fsp3) is 0. The van der Waals surface area contributed by atoms with Crippen molar-refractivity contribution >= 4 is 46.7 Å². The lowest BCUT2D eigenvalue weighted by Crippen LogP contribution is -2.19. The van der Waals surface area contributed by atoms with Crippen molar-refractivity contribution in [1.29, 1.82) is 0 Å². The van der Waals surface area contributed by atoms with E-state index in [1.165, 1.54) is 18.2 Å².